The third-order valence-corrected chi connectivity index (χ3v) is 3.50. The van der Waals surface area contributed by atoms with Crippen molar-refractivity contribution in [2.24, 2.45) is 5.92 Å². The maximum Gasteiger partial charge on any atom is 0.222 e. The molecule has 0 bridgehead atoms. The highest BCUT2D eigenvalue weighted by Crippen LogP contribution is 2.33. The lowest BCUT2D eigenvalue weighted by Crippen LogP contribution is -2.39. The van der Waals surface area contributed by atoms with Crippen LogP contribution in [0.3, 0.4) is 0 Å². The molecule has 0 aromatic carbocycles. The van der Waals surface area contributed by atoms with E-state index in [1.807, 2.05) is 13.8 Å². The first-order valence-electron chi connectivity index (χ1n) is 6.32. The average molecular weight is 238 g/mol. The maximum absolute atomic E-state index is 11.9. The Morgan fingerprint density at radius 1 is 1.59 bits per heavy atom. The molecule has 0 N–H and O–H groups in total. The van der Waals surface area contributed by atoms with E-state index in [0.29, 0.717) is 24.9 Å². The van der Waals surface area contributed by atoms with Gasteiger partial charge in [-0.25, -0.2) is 0 Å². The van der Waals surface area contributed by atoms with Gasteiger partial charge in [0.05, 0.1) is 18.6 Å². The molecular weight excluding hydrogens is 216 g/mol. The van der Waals surface area contributed by atoms with Gasteiger partial charge in [0.15, 0.2) is 0 Å². The van der Waals surface area contributed by atoms with Gasteiger partial charge in [-0.05, 0) is 32.6 Å². The fourth-order valence-corrected chi connectivity index (χ4v) is 2.12. The van der Waals surface area contributed by atoms with Gasteiger partial charge in [0, 0.05) is 26.1 Å². The summed E-state index contributed by atoms with van der Waals surface area (Å²) in [6.45, 7) is 4.66. The number of hydrogen-bond acceptors (Lipinski definition) is 3. The van der Waals surface area contributed by atoms with Gasteiger partial charge in [0.1, 0.15) is 0 Å². The first-order valence-corrected chi connectivity index (χ1v) is 6.32. The molecule has 1 unspecified atom stereocenters. The number of rotatable bonds is 6. The molecule has 17 heavy (non-hydrogen) atoms. The lowest BCUT2D eigenvalue weighted by Gasteiger charge is -2.36. The summed E-state index contributed by atoms with van der Waals surface area (Å²) < 4.78 is 5.47. The molecule has 0 radical (unpaired) electrons. The molecule has 0 aromatic heterocycles. The number of amides is 1. The third-order valence-electron chi connectivity index (χ3n) is 3.50. The summed E-state index contributed by atoms with van der Waals surface area (Å²) in [6.07, 6.45) is 3.35. The first-order chi connectivity index (χ1) is 8.08. The summed E-state index contributed by atoms with van der Waals surface area (Å²) in [4.78, 5) is 13.6. The summed E-state index contributed by atoms with van der Waals surface area (Å²) in [6, 6.07) is 2.10. The standard InChI is InChI=1S/C13H22N2O2/c1-4-17-12-7-11(8-12)9-13(16)15(3)10(2)5-6-14/h10-12H,4-5,7-9H2,1-3H3. The van der Waals surface area contributed by atoms with Crippen molar-refractivity contribution < 1.29 is 9.53 Å². The summed E-state index contributed by atoms with van der Waals surface area (Å²) in [5.41, 5.74) is 0. The molecule has 1 atom stereocenters. The van der Waals surface area contributed by atoms with E-state index in [1.54, 1.807) is 11.9 Å². The van der Waals surface area contributed by atoms with E-state index >= 15 is 0 Å². The van der Waals surface area contributed by atoms with Crippen molar-refractivity contribution in [3.63, 3.8) is 0 Å². The maximum atomic E-state index is 11.9. The largest absolute Gasteiger partial charge is 0.378 e. The predicted octanol–water partition coefficient (Wildman–Crippen LogP) is 1.95. The van der Waals surface area contributed by atoms with E-state index in [1.165, 1.54) is 0 Å². The minimum Gasteiger partial charge on any atom is -0.378 e. The predicted molar refractivity (Wildman–Crippen MR) is 65.2 cm³/mol. The Hall–Kier alpha value is -1.08. The summed E-state index contributed by atoms with van der Waals surface area (Å²) in [5, 5.41) is 8.60. The van der Waals surface area contributed by atoms with Gasteiger partial charge in [-0.15, -0.1) is 0 Å². The van der Waals surface area contributed by atoms with Crippen molar-refractivity contribution in [1.82, 2.24) is 4.90 Å². The van der Waals surface area contributed by atoms with Crippen LogP contribution in [-0.2, 0) is 9.53 Å². The molecule has 4 heteroatoms. The topological polar surface area (TPSA) is 53.3 Å². The van der Waals surface area contributed by atoms with E-state index in [2.05, 4.69) is 6.07 Å². The second kappa shape index (κ2) is 6.61. The van der Waals surface area contributed by atoms with E-state index < -0.39 is 0 Å². The Kier molecular flexibility index (Phi) is 5.43. The molecule has 0 saturated heterocycles. The Labute approximate surface area is 104 Å². The van der Waals surface area contributed by atoms with Crippen LogP contribution in [0.2, 0.25) is 0 Å². The Bertz CT molecular complexity index is 292. The fraction of sp³-hybridized carbons (Fsp3) is 0.846. The van der Waals surface area contributed by atoms with Crippen LogP contribution in [0.15, 0.2) is 0 Å². The number of nitriles is 1. The number of nitrogens with zero attached hydrogens (tertiary/aromatic N) is 2. The van der Waals surface area contributed by atoms with Crippen molar-refractivity contribution >= 4 is 5.91 Å². The van der Waals surface area contributed by atoms with Crippen molar-refractivity contribution in [1.29, 1.82) is 5.26 Å². The van der Waals surface area contributed by atoms with Crippen LogP contribution in [0.25, 0.3) is 0 Å². The Morgan fingerprint density at radius 3 is 2.76 bits per heavy atom. The van der Waals surface area contributed by atoms with Crippen LogP contribution in [0.1, 0.15) is 39.5 Å². The highest BCUT2D eigenvalue weighted by molar-refractivity contribution is 5.76. The Balaban J connectivity index is 2.24. The van der Waals surface area contributed by atoms with Gasteiger partial charge in [0.25, 0.3) is 0 Å². The first kappa shape index (κ1) is 14.0. The van der Waals surface area contributed by atoms with Crippen molar-refractivity contribution in [2.45, 2.75) is 51.7 Å². The normalized spacial score (nSPS) is 24.6. The Morgan fingerprint density at radius 2 is 2.24 bits per heavy atom. The summed E-state index contributed by atoms with van der Waals surface area (Å²) >= 11 is 0. The number of hydrogen-bond donors (Lipinski definition) is 0. The van der Waals surface area contributed by atoms with E-state index in [-0.39, 0.29) is 11.9 Å². The zero-order valence-corrected chi connectivity index (χ0v) is 11.0. The summed E-state index contributed by atoms with van der Waals surface area (Å²) in [7, 11) is 1.78. The van der Waals surface area contributed by atoms with Crippen LogP contribution in [0, 0.1) is 17.2 Å². The molecule has 0 aromatic rings. The highest BCUT2D eigenvalue weighted by Gasteiger charge is 2.32. The van der Waals surface area contributed by atoms with Gasteiger partial charge in [0.2, 0.25) is 5.91 Å². The zero-order valence-electron chi connectivity index (χ0n) is 11.0. The molecule has 0 spiro atoms. The minimum atomic E-state index is 0.00950. The van der Waals surface area contributed by atoms with Crippen LogP contribution in [0.4, 0.5) is 0 Å². The van der Waals surface area contributed by atoms with Crippen LogP contribution < -0.4 is 0 Å². The molecule has 0 heterocycles. The van der Waals surface area contributed by atoms with Gasteiger partial charge >= 0.3 is 0 Å². The van der Waals surface area contributed by atoms with Gasteiger partial charge in [-0.3, -0.25) is 4.79 Å². The zero-order chi connectivity index (χ0) is 12.8. The fourth-order valence-electron chi connectivity index (χ4n) is 2.12. The number of ether oxygens (including phenoxy) is 1. The third kappa shape index (κ3) is 4.01. The number of carbonyl (C=O) groups is 1. The van der Waals surface area contributed by atoms with Crippen LogP contribution >= 0.6 is 0 Å². The molecule has 1 fully saturated rings. The molecule has 4 nitrogen and oxygen atoms in total. The SMILES string of the molecule is CCOC1CC(CC(=O)N(C)C(C)CC#N)C1. The highest BCUT2D eigenvalue weighted by atomic mass is 16.5. The molecule has 1 aliphatic rings. The van der Waals surface area contributed by atoms with Crippen molar-refractivity contribution in [2.75, 3.05) is 13.7 Å². The lowest BCUT2D eigenvalue weighted by atomic mass is 9.79. The van der Waals surface area contributed by atoms with E-state index in [9.17, 15) is 4.79 Å². The van der Waals surface area contributed by atoms with Gasteiger partial charge < -0.3 is 9.64 Å². The average Bonchev–Trinajstić information content (AvgIpc) is 2.25. The molecule has 96 valence electrons. The quantitative estimate of drug-likeness (QED) is 0.710. The molecule has 0 aliphatic heterocycles. The molecule has 1 amide bonds. The molecule has 1 aliphatic carbocycles. The van der Waals surface area contributed by atoms with Crippen molar-refractivity contribution in [3.8, 4) is 6.07 Å². The van der Waals surface area contributed by atoms with Crippen LogP contribution in [-0.4, -0.2) is 36.6 Å². The lowest BCUT2D eigenvalue weighted by molar-refractivity contribution is -0.134. The van der Waals surface area contributed by atoms with Crippen molar-refractivity contribution in [3.05, 3.63) is 0 Å². The smallest absolute Gasteiger partial charge is 0.222 e. The number of carbonyl (C=O) groups excluding carboxylic acids is 1. The minimum absolute atomic E-state index is 0.00950. The van der Waals surface area contributed by atoms with E-state index in [4.69, 9.17) is 10.00 Å². The van der Waals surface area contributed by atoms with Gasteiger partial charge in [-0.1, -0.05) is 0 Å². The molecule has 1 saturated carbocycles. The summed E-state index contributed by atoms with van der Waals surface area (Å²) in [5.74, 6) is 0.614. The molecular formula is C13H22N2O2. The molecule has 1 rings (SSSR count). The second-order valence-corrected chi connectivity index (χ2v) is 4.83. The van der Waals surface area contributed by atoms with Gasteiger partial charge in [-0.2, -0.15) is 5.26 Å². The van der Waals surface area contributed by atoms with E-state index in [0.717, 1.165) is 19.4 Å². The monoisotopic (exact) mass is 238 g/mol. The second-order valence-electron chi connectivity index (χ2n) is 4.83. The van der Waals surface area contributed by atoms with Crippen LogP contribution in [0.5, 0.6) is 0 Å².